The largest absolute Gasteiger partial charge is 0.493 e. The number of nitrogens with one attached hydrogen (secondary N) is 1. The molecular weight excluding hydrogens is 541 g/mol. The quantitative estimate of drug-likeness (QED) is 0.232. The minimum atomic E-state index is 0. The third kappa shape index (κ3) is 6.88. The number of guanidine groups is 1. The molecule has 1 N–H and O–H groups in total. The number of aryl methyl sites for hydroxylation is 1. The zero-order valence-electron chi connectivity index (χ0n) is 21.0. The summed E-state index contributed by atoms with van der Waals surface area (Å²) in [4.78, 5) is 6.60. The maximum atomic E-state index is 5.42. The van der Waals surface area contributed by atoms with Crippen LogP contribution in [0.4, 0.5) is 0 Å². The molecule has 0 amide bonds. The van der Waals surface area contributed by atoms with Crippen LogP contribution >= 0.6 is 24.0 Å². The van der Waals surface area contributed by atoms with Crippen molar-refractivity contribution in [2.24, 2.45) is 4.99 Å². The normalized spacial score (nSPS) is 11.1. The number of aliphatic imine (C=N–C) groups is 1. The molecule has 0 aliphatic carbocycles. The van der Waals surface area contributed by atoms with E-state index in [0.29, 0.717) is 6.54 Å². The third-order valence-electron chi connectivity index (χ3n) is 5.89. The zero-order valence-corrected chi connectivity index (χ0v) is 23.3. The Morgan fingerprint density at radius 2 is 1.74 bits per heavy atom. The molecule has 34 heavy (non-hydrogen) atoms. The molecule has 3 rings (SSSR count). The van der Waals surface area contributed by atoms with Crippen LogP contribution in [0, 0.1) is 13.8 Å². The minimum absolute atomic E-state index is 0. The average Bonchev–Trinajstić information content (AvgIpc) is 3.10. The molecular formula is C26H36IN5O2. The lowest BCUT2D eigenvalue weighted by molar-refractivity contribution is 0.354. The monoisotopic (exact) mass is 577 g/mol. The van der Waals surface area contributed by atoms with Gasteiger partial charge in [-0.1, -0.05) is 36.4 Å². The second-order valence-electron chi connectivity index (χ2n) is 8.05. The number of hydrogen-bond acceptors (Lipinski definition) is 4. The van der Waals surface area contributed by atoms with Gasteiger partial charge in [0.05, 0.1) is 26.5 Å². The first-order valence-corrected chi connectivity index (χ1v) is 11.2. The van der Waals surface area contributed by atoms with Crippen molar-refractivity contribution in [3.05, 3.63) is 76.6 Å². The number of hydrogen-bond donors (Lipinski definition) is 1. The van der Waals surface area contributed by atoms with Crippen LogP contribution < -0.4 is 14.8 Å². The van der Waals surface area contributed by atoms with E-state index < -0.39 is 0 Å². The fourth-order valence-electron chi connectivity index (χ4n) is 3.89. The molecule has 0 fully saturated rings. The van der Waals surface area contributed by atoms with E-state index >= 15 is 0 Å². The van der Waals surface area contributed by atoms with Crippen molar-refractivity contribution in [2.75, 3.05) is 34.9 Å². The highest BCUT2D eigenvalue weighted by Crippen LogP contribution is 2.27. The molecule has 0 saturated carbocycles. The molecule has 1 aromatic heterocycles. The molecule has 7 nitrogen and oxygen atoms in total. The van der Waals surface area contributed by atoms with E-state index in [1.54, 1.807) is 14.2 Å². The highest BCUT2D eigenvalue weighted by atomic mass is 127. The minimum Gasteiger partial charge on any atom is -0.493 e. The van der Waals surface area contributed by atoms with E-state index in [4.69, 9.17) is 14.6 Å². The van der Waals surface area contributed by atoms with Gasteiger partial charge in [0.1, 0.15) is 0 Å². The molecule has 0 aliphatic heterocycles. The number of halogens is 1. The Morgan fingerprint density at radius 1 is 1.03 bits per heavy atom. The molecule has 0 radical (unpaired) electrons. The van der Waals surface area contributed by atoms with E-state index in [1.807, 2.05) is 25.2 Å². The summed E-state index contributed by atoms with van der Waals surface area (Å²) in [6, 6.07) is 16.5. The predicted octanol–water partition coefficient (Wildman–Crippen LogP) is 4.43. The van der Waals surface area contributed by atoms with Gasteiger partial charge in [-0.3, -0.25) is 9.67 Å². The summed E-state index contributed by atoms with van der Waals surface area (Å²) < 4.78 is 12.8. The van der Waals surface area contributed by atoms with E-state index in [9.17, 15) is 0 Å². The molecule has 8 heteroatoms. The summed E-state index contributed by atoms with van der Waals surface area (Å²) in [7, 11) is 7.17. The topological polar surface area (TPSA) is 63.9 Å². The number of methoxy groups -OCH3 is 2. The number of aromatic nitrogens is 2. The van der Waals surface area contributed by atoms with Crippen molar-refractivity contribution >= 4 is 29.9 Å². The van der Waals surface area contributed by atoms with Crippen molar-refractivity contribution in [3.8, 4) is 11.5 Å². The van der Waals surface area contributed by atoms with Crippen LogP contribution in [0.2, 0.25) is 0 Å². The summed E-state index contributed by atoms with van der Waals surface area (Å²) in [5.41, 5.74) is 5.85. The standard InChI is InChI=1S/C26H35N5O2.HI/c1-19-23(20(2)31(29-19)18-22-10-8-7-9-11-22)17-28-26(27-3)30(4)15-14-21-12-13-24(32-5)25(16-21)33-6;/h7-13,16H,14-15,17-18H2,1-6H3,(H,27,28);1H. The van der Waals surface area contributed by atoms with Crippen LogP contribution in [0.25, 0.3) is 0 Å². The molecule has 0 atom stereocenters. The van der Waals surface area contributed by atoms with Crippen LogP contribution in [0.1, 0.15) is 28.1 Å². The van der Waals surface area contributed by atoms with Gasteiger partial charge in [-0.2, -0.15) is 5.10 Å². The zero-order chi connectivity index (χ0) is 23.8. The van der Waals surface area contributed by atoms with Crippen LogP contribution in [-0.4, -0.2) is 55.5 Å². The van der Waals surface area contributed by atoms with Gasteiger partial charge in [-0.25, -0.2) is 0 Å². The van der Waals surface area contributed by atoms with Crippen LogP contribution in [-0.2, 0) is 19.5 Å². The van der Waals surface area contributed by atoms with Crippen LogP contribution in [0.5, 0.6) is 11.5 Å². The fourth-order valence-corrected chi connectivity index (χ4v) is 3.89. The lowest BCUT2D eigenvalue weighted by atomic mass is 10.1. The Labute approximate surface area is 220 Å². The second kappa shape index (κ2) is 13.2. The maximum Gasteiger partial charge on any atom is 0.193 e. The molecule has 2 aromatic carbocycles. The molecule has 0 spiro atoms. The lowest BCUT2D eigenvalue weighted by Crippen LogP contribution is -2.39. The number of likely N-dealkylation sites (N-methyl/N-ethyl adjacent to an activating group) is 1. The lowest BCUT2D eigenvalue weighted by Gasteiger charge is -2.22. The van der Waals surface area contributed by atoms with Gasteiger partial charge < -0.3 is 19.7 Å². The Bertz CT molecular complexity index is 1080. The SMILES string of the molecule is CN=C(NCc1c(C)nn(Cc2ccccc2)c1C)N(C)CCc1ccc(OC)c(OC)c1.I. The molecule has 0 unspecified atom stereocenters. The first kappa shape index (κ1) is 27.5. The van der Waals surface area contributed by atoms with Gasteiger partial charge >= 0.3 is 0 Å². The van der Waals surface area contributed by atoms with Gasteiger partial charge in [0.25, 0.3) is 0 Å². The van der Waals surface area contributed by atoms with Crippen molar-refractivity contribution in [2.45, 2.75) is 33.4 Å². The van der Waals surface area contributed by atoms with Crippen molar-refractivity contribution < 1.29 is 9.47 Å². The van der Waals surface area contributed by atoms with E-state index in [0.717, 1.165) is 42.7 Å². The van der Waals surface area contributed by atoms with Crippen LogP contribution in [0.15, 0.2) is 53.5 Å². The highest BCUT2D eigenvalue weighted by molar-refractivity contribution is 14.0. The molecule has 0 aliphatic rings. The first-order chi connectivity index (χ1) is 16.0. The average molecular weight is 578 g/mol. The number of benzene rings is 2. The van der Waals surface area contributed by atoms with Gasteiger partial charge in [0, 0.05) is 38.4 Å². The van der Waals surface area contributed by atoms with Crippen molar-refractivity contribution in [1.29, 1.82) is 0 Å². The Kier molecular flexibility index (Phi) is 10.7. The van der Waals surface area contributed by atoms with Crippen molar-refractivity contribution in [1.82, 2.24) is 20.0 Å². The van der Waals surface area contributed by atoms with Gasteiger partial charge in [0.15, 0.2) is 17.5 Å². The van der Waals surface area contributed by atoms with Gasteiger partial charge in [-0.05, 0) is 43.5 Å². The van der Waals surface area contributed by atoms with Crippen LogP contribution in [0.3, 0.4) is 0 Å². The van der Waals surface area contributed by atoms with E-state index in [2.05, 4.69) is 71.1 Å². The molecule has 3 aromatic rings. The van der Waals surface area contributed by atoms with E-state index in [-0.39, 0.29) is 24.0 Å². The summed E-state index contributed by atoms with van der Waals surface area (Å²) in [6.07, 6.45) is 0.866. The summed E-state index contributed by atoms with van der Waals surface area (Å²) >= 11 is 0. The molecule has 184 valence electrons. The third-order valence-corrected chi connectivity index (χ3v) is 5.89. The first-order valence-electron chi connectivity index (χ1n) is 11.2. The molecule has 0 bridgehead atoms. The van der Waals surface area contributed by atoms with Crippen molar-refractivity contribution in [3.63, 3.8) is 0 Å². The molecule has 1 heterocycles. The number of nitrogens with zero attached hydrogens (tertiary/aromatic N) is 4. The Hall–Kier alpha value is -2.75. The summed E-state index contributed by atoms with van der Waals surface area (Å²) in [5.74, 6) is 2.34. The smallest absolute Gasteiger partial charge is 0.193 e. The maximum absolute atomic E-state index is 5.42. The number of rotatable bonds is 9. The summed E-state index contributed by atoms with van der Waals surface area (Å²) in [6.45, 7) is 6.46. The van der Waals surface area contributed by atoms with E-state index in [1.165, 1.54) is 22.4 Å². The fraction of sp³-hybridized carbons (Fsp3) is 0.385. The number of ether oxygens (including phenoxy) is 2. The Morgan fingerprint density at radius 3 is 2.38 bits per heavy atom. The second-order valence-corrected chi connectivity index (χ2v) is 8.05. The summed E-state index contributed by atoms with van der Waals surface area (Å²) in [5, 5.41) is 8.26. The van der Waals surface area contributed by atoms with Gasteiger partial charge in [-0.15, -0.1) is 24.0 Å². The highest BCUT2D eigenvalue weighted by Gasteiger charge is 2.14. The molecule has 0 saturated heterocycles. The predicted molar refractivity (Wildman–Crippen MR) is 149 cm³/mol. The Balaban J connectivity index is 0.00000408. The van der Waals surface area contributed by atoms with Gasteiger partial charge in [0.2, 0.25) is 0 Å².